The molecule has 1 N–H and O–H groups in total. The molecule has 1 aromatic heterocycles. The van der Waals surface area contributed by atoms with Gasteiger partial charge in [0.2, 0.25) is 5.91 Å². The lowest BCUT2D eigenvalue weighted by molar-refractivity contribution is -0.120. The van der Waals surface area contributed by atoms with Crippen LogP contribution < -0.4 is 5.32 Å². The molecule has 3 aromatic carbocycles. The van der Waals surface area contributed by atoms with E-state index in [1.165, 1.54) is 24.6 Å². The van der Waals surface area contributed by atoms with Crippen LogP contribution in [-0.2, 0) is 11.3 Å². The number of para-hydroxylation sites is 1. The van der Waals surface area contributed by atoms with E-state index in [1.807, 2.05) is 85.8 Å². The molecule has 0 saturated carbocycles. The third-order valence-electron chi connectivity index (χ3n) is 6.48. The SMILES string of the molecule is CC(Sc1nnc(CN2CCCC2)n1-c1ccccc1)C(=O)NC(c1ccccc1)c1ccccc1. The Morgan fingerprint density at radius 1 is 0.861 bits per heavy atom. The van der Waals surface area contributed by atoms with E-state index in [0.29, 0.717) is 0 Å². The molecule has 36 heavy (non-hydrogen) atoms. The molecule has 184 valence electrons. The molecule has 0 bridgehead atoms. The smallest absolute Gasteiger partial charge is 0.234 e. The van der Waals surface area contributed by atoms with Gasteiger partial charge >= 0.3 is 0 Å². The summed E-state index contributed by atoms with van der Waals surface area (Å²) in [6.45, 7) is 4.86. The number of hydrogen-bond acceptors (Lipinski definition) is 5. The first-order valence-electron chi connectivity index (χ1n) is 12.5. The number of likely N-dealkylation sites (tertiary alicyclic amines) is 1. The normalized spacial score (nSPS) is 14.7. The molecular weight excluding hydrogens is 466 g/mol. The van der Waals surface area contributed by atoms with Crippen LogP contribution in [-0.4, -0.2) is 43.9 Å². The number of nitrogens with zero attached hydrogens (tertiary/aromatic N) is 4. The molecule has 7 heteroatoms. The molecule has 2 heterocycles. The van der Waals surface area contributed by atoms with Crippen molar-refractivity contribution < 1.29 is 4.79 Å². The zero-order valence-electron chi connectivity index (χ0n) is 20.5. The second-order valence-electron chi connectivity index (χ2n) is 9.08. The summed E-state index contributed by atoms with van der Waals surface area (Å²) in [5, 5.41) is 12.7. The van der Waals surface area contributed by atoms with E-state index in [1.54, 1.807) is 0 Å². The second-order valence-corrected chi connectivity index (χ2v) is 10.4. The number of rotatable bonds is 9. The Balaban J connectivity index is 1.37. The summed E-state index contributed by atoms with van der Waals surface area (Å²) >= 11 is 1.44. The minimum atomic E-state index is -0.355. The molecule has 4 aromatic rings. The predicted molar refractivity (Wildman–Crippen MR) is 144 cm³/mol. The monoisotopic (exact) mass is 497 g/mol. The number of nitrogens with one attached hydrogen (secondary N) is 1. The number of amides is 1. The fourth-order valence-electron chi connectivity index (χ4n) is 4.58. The van der Waals surface area contributed by atoms with Crippen LogP contribution in [0.1, 0.15) is 42.8 Å². The van der Waals surface area contributed by atoms with Crippen LogP contribution in [0.15, 0.2) is 96.2 Å². The van der Waals surface area contributed by atoms with Gasteiger partial charge in [0.25, 0.3) is 0 Å². The number of benzene rings is 3. The van der Waals surface area contributed by atoms with Gasteiger partial charge in [-0.25, -0.2) is 0 Å². The summed E-state index contributed by atoms with van der Waals surface area (Å²) in [5.74, 6) is 0.867. The van der Waals surface area contributed by atoms with Crippen LogP contribution >= 0.6 is 11.8 Å². The summed E-state index contributed by atoms with van der Waals surface area (Å²) in [7, 11) is 0. The summed E-state index contributed by atoms with van der Waals surface area (Å²) in [4.78, 5) is 15.9. The first-order valence-corrected chi connectivity index (χ1v) is 13.4. The number of carbonyl (C=O) groups is 1. The molecule has 1 saturated heterocycles. The molecular formula is C29H31N5OS. The molecule has 0 spiro atoms. The highest BCUT2D eigenvalue weighted by Gasteiger charge is 2.25. The van der Waals surface area contributed by atoms with Crippen LogP contribution in [0.5, 0.6) is 0 Å². The second kappa shape index (κ2) is 11.5. The van der Waals surface area contributed by atoms with Crippen molar-refractivity contribution in [3.63, 3.8) is 0 Å². The quantitative estimate of drug-likeness (QED) is 0.320. The Morgan fingerprint density at radius 2 is 1.42 bits per heavy atom. The van der Waals surface area contributed by atoms with Crippen LogP contribution in [0.25, 0.3) is 5.69 Å². The molecule has 1 amide bonds. The highest BCUT2D eigenvalue weighted by molar-refractivity contribution is 8.00. The van der Waals surface area contributed by atoms with Crippen LogP contribution in [0.2, 0.25) is 0 Å². The lowest BCUT2D eigenvalue weighted by atomic mass is 9.98. The lowest BCUT2D eigenvalue weighted by Crippen LogP contribution is -2.35. The average Bonchev–Trinajstić information content (AvgIpc) is 3.59. The van der Waals surface area contributed by atoms with Crippen molar-refractivity contribution in [2.75, 3.05) is 13.1 Å². The number of hydrogen-bond donors (Lipinski definition) is 1. The Kier molecular flexibility index (Phi) is 7.79. The fraction of sp³-hybridized carbons (Fsp3) is 0.276. The molecule has 0 radical (unpaired) electrons. The van der Waals surface area contributed by atoms with Crippen molar-refractivity contribution in [1.29, 1.82) is 0 Å². The molecule has 1 atom stereocenters. The Hall–Kier alpha value is -3.42. The van der Waals surface area contributed by atoms with E-state index < -0.39 is 0 Å². The minimum Gasteiger partial charge on any atom is -0.344 e. The van der Waals surface area contributed by atoms with Gasteiger partial charge in [0.15, 0.2) is 11.0 Å². The largest absolute Gasteiger partial charge is 0.344 e. The third kappa shape index (κ3) is 5.69. The van der Waals surface area contributed by atoms with E-state index in [9.17, 15) is 4.79 Å². The van der Waals surface area contributed by atoms with Gasteiger partial charge in [0.1, 0.15) is 0 Å². The van der Waals surface area contributed by atoms with Gasteiger partial charge in [-0.15, -0.1) is 10.2 Å². The Bertz CT molecular complexity index is 1220. The molecule has 1 aliphatic heterocycles. The zero-order chi connectivity index (χ0) is 24.7. The lowest BCUT2D eigenvalue weighted by Gasteiger charge is -2.22. The summed E-state index contributed by atoms with van der Waals surface area (Å²) in [6.07, 6.45) is 2.45. The van der Waals surface area contributed by atoms with E-state index >= 15 is 0 Å². The summed E-state index contributed by atoms with van der Waals surface area (Å²) in [6, 6.07) is 30.1. The van der Waals surface area contributed by atoms with Crippen LogP contribution in [0.3, 0.4) is 0 Å². The van der Waals surface area contributed by atoms with Crippen molar-refractivity contribution in [2.45, 2.75) is 42.8 Å². The molecule has 1 aliphatic rings. The van der Waals surface area contributed by atoms with E-state index in [4.69, 9.17) is 0 Å². The van der Waals surface area contributed by atoms with Crippen molar-refractivity contribution in [3.05, 3.63) is 108 Å². The summed E-state index contributed by atoms with van der Waals surface area (Å²) < 4.78 is 2.10. The van der Waals surface area contributed by atoms with E-state index in [0.717, 1.165) is 47.4 Å². The van der Waals surface area contributed by atoms with E-state index in [-0.39, 0.29) is 17.2 Å². The van der Waals surface area contributed by atoms with Gasteiger partial charge in [-0.3, -0.25) is 14.3 Å². The molecule has 0 aliphatic carbocycles. The molecule has 5 rings (SSSR count). The van der Waals surface area contributed by atoms with Gasteiger partial charge in [-0.05, 0) is 56.1 Å². The molecule has 6 nitrogen and oxygen atoms in total. The van der Waals surface area contributed by atoms with E-state index in [2.05, 4.69) is 37.1 Å². The molecule has 1 unspecified atom stereocenters. The maximum Gasteiger partial charge on any atom is 0.234 e. The minimum absolute atomic E-state index is 0.0404. The highest BCUT2D eigenvalue weighted by atomic mass is 32.2. The zero-order valence-corrected chi connectivity index (χ0v) is 21.3. The van der Waals surface area contributed by atoms with Gasteiger partial charge in [-0.1, -0.05) is 90.6 Å². The molecule has 1 fully saturated rings. The van der Waals surface area contributed by atoms with Gasteiger partial charge in [0, 0.05) is 5.69 Å². The first kappa shape index (κ1) is 24.3. The maximum absolute atomic E-state index is 13.4. The van der Waals surface area contributed by atoms with Gasteiger partial charge in [-0.2, -0.15) is 0 Å². The van der Waals surface area contributed by atoms with Crippen LogP contribution in [0, 0.1) is 0 Å². The Morgan fingerprint density at radius 3 is 2.00 bits per heavy atom. The number of aromatic nitrogens is 3. The third-order valence-corrected chi connectivity index (χ3v) is 7.52. The van der Waals surface area contributed by atoms with Gasteiger partial charge < -0.3 is 5.32 Å². The topological polar surface area (TPSA) is 63.1 Å². The van der Waals surface area contributed by atoms with Crippen molar-refractivity contribution in [2.24, 2.45) is 0 Å². The standard InChI is InChI=1S/C29H31N5OS/c1-22(28(35)30-27(23-13-5-2-6-14-23)24-15-7-3-8-16-24)36-29-32-31-26(21-33-19-11-12-20-33)34(29)25-17-9-4-10-18-25/h2-10,13-18,22,27H,11-12,19-21H2,1H3,(H,30,35). The fourth-order valence-corrected chi connectivity index (χ4v) is 5.47. The highest BCUT2D eigenvalue weighted by Crippen LogP contribution is 2.28. The number of carbonyl (C=O) groups excluding carboxylic acids is 1. The van der Waals surface area contributed by atoms with Crippen molar-refractivity contribution in [3.8, 4) is 5.69 Å². The maximum atomic E-state index is 13.4. The van der Waals surface area contributed by atoms with Crippen molar-refractivity contribution >= 4 is 17.7 Å². The Labute approximate surface area is 216 Å². The predicted octanol–water partition coefficient (Wildman–Crippen LogP) is 5.25. The van der Waals surface area contributed by atoms with Crippen molar-refractivity contribution in [1.82, 2.24) is 25.0 Å². The number of thioether (sulfide) groups is 1. The van der Waals surface area contributed by atoms with Crippen LogP contribution in [0.4, 0.5) is 0 Å². The van der Waals surface area contributed by atoms with Gasteiger partial charge in [0.05, 0.1) is 17.8 Å². The first-order chi connectivity index (χ1) is 17.7. The summed E-state index contributed by atoms with van der Waals surface area (Å²) in [5.41, 5.74) is 3.11. The average molecular weight is 498 g/mol.